The Balaban J connectivity index is 1.30. The summed E-state index contributed by atoms with van der Waals surface area (Å²) in [7, 11) is 0. The highest BCUT2D eigenvalue weighted by molar-refractivity contribution is 5.82. The van der Waals surface area contributed by atoms with Crippen LogP contribution in [0.1, 0.15) is 64.7 Å². The van der Waals surface area contributed by atoms with E-state index in [1.807, 2.05) is 0 Å². The van der Waals surface area contributed by atoms with Crippen molar-refractivity contribution in [2.45, 2.75) is 101 Å². The fourth-order valence-corrected chi connectivity index (χ4v) is 6.65. The first-order chi connectivity index (χ1) is 14.3. The van der Waals surface area contributed by atoms with Gasteiger partial charge in [-0.25, -0.2) is 0 Å². The van der Waals surface area contributed by atoms with E-state index in [0.29, 0.717) is 24.3 Å². The molecule has 0 aromatic heterocycles. The van der Waals surface area contributed by atoms with Crippen molar-refractivity contribution >= 4 is 5.91 Å². The lowest BCUT2D eigenvalue weighted by Gasteiger charge is -2.48. The Kier molecular flexibility index (Phi) is 6.95. The molecule has 172 valence electrons. The number of piperidine rings is 3. The number of alkyl halides is 3. The van der Waals surface area contributed by atoms with Crippen LogP contribution in [-0.4, -0.2) is 55.4 Å². The van der Waals surface area contributed by atoms with Gasteiger partial charge in [-0.1, -0.05) is 6.42 Å². The lowest BCUT2D eigenvalue weighted by molar-refractivity contribution is -0.162. The Hall–Kier alpha value is -0.860. The van der Waals surface area contributed by atoms with Crippen molar-refractivity contribution in [2.75, 3.05) is 13.1 Å². The summed E-state index contributed by atoms with van der Waals surface area (Å²) in [4.78, 5) is 12.8. The molecule has 0 aromatic rings. The average molecular weight is 431 g/mol. The number of hydrogen-bond donors (Lipinski definition) is 4. The van der Waals surface area contributed by atoms with Crippen molar-refractivity contribution in [3.63, 3.8) is 0 Å². The van der Waals surface area contributed by atoms with E-state index < -0.39 is 18.3 Å². The van der Waals surface area contributed by atoms with E-state index in [-0.39, 0.29) is 31.0 Å². The summed E-state index contributed by atoms with van der Waals surface area (Å²) in [6.07, 6.45) is 4.41. The van der Waals surface area contributed by atoms with Crippen LogP contribution in [-0.2, 0) is 4.79 Å². The number of carbonyl (C=O) groups is 1. The van der Waals surface area contributed by atoms with Gasteiger partial charge >= 0.3 is 6.18 Å². The second-order valence-electron chi connectivity index (χ2n) is 9.99. The van der Waals surface area contributed by atoms with Gasteiger partial charge in [0.15, 0.2) is 0 Å². The Morgan fingerprint density at radius 1 is 0.900 bits per heavy atom. The van der Waals surface area contributed by atoms with Crippen LogP contribution in [0, 0.1) is 17.8 Å². The van der Waals surface area contributed by atoms with Crippen LogP contribution in [0.5, 0.6) is 0 Å². The number of hydrogen-bond acceptors (Lipinski definition) is 4. The summed E-state index contributed by atoms with van der Waals surface area (Å²) in [6.45, 7) is 3.61. The van der Waals surface area contributed by atoms with Crippen molar-refractivity contribution < 1.29 is 18.0 Å². The van der Waals surface area contributed by atoms with Crippen LogP contribution in [0.25, 0.3) is 0 Å². The van der Waals surface area contributed by atoms with Crippen LogP contribution < -0.4 is 21.3 Å². The SMILES string of the molecule is CC1NC(C(=O)NC2CCNC(C(F)(F)F)C2)CCC1C1CCCC2NCCCC21. The zero-order valence-corrected chi connectivity index (χ0v) is 17.9. The van der Waals surface area contributed by atoms with Crippen LogP contribution in [0.2, 0.25) is 0 Å². The van der Waals surface area contributed by atoms with Crippen molar-refractivity contribution in [3.05, 3.63) is 0 Å². The molecule has 4 aliphatic rings. The third-order valence-electron chi connectivity index (χ3n) is 8.15. The largest absolute Gasteiger partial charge is 0.403 e. The molecular formula is C22H37F3N4O. The minimum atomic E-state index is -4.26. The van der Waals surface area contributed by atoms with Crippen molar-refractivity contribution in [2.24, 2.45) is 17.8 Å². The van der Waals surface area contributed by atoms with E-state index in [9.17, 15) is 18.0 Å². The molecule has 3 aliphatic heterocycles. The van der Waals surface area contributed by atoms with E-state index in [4.69, 9.17) is 0 Å². The monoisotopic (exact) mass is 430 g/mol. The summed E-state index contributed by atoms with van der Waals surface area (Å²) in [5.41, 5.74) is 0. The van der Waals surface area contributed by atoms with Gasteiger partial charge in [0.2, 0.25) is 5.91 Å². The Morgan fingerprint density at radius 2 is 1.70 bits per heavy atom. The number of amides is 1. The molecule has 1 saturated carbocycles. The zero-order chi connectivity index (χ0) is 21.3. The molecule has 3 heterocycles. The Morgan fingerprint density at radius 3 is 2.47 bits per heavy atom. The maximum Gasteiger partial charge on any atom is 0.403 e. The standard InChI is InChI=1S/C22H37F3N4O/c1-13-15(16-4-2-6-18-17(16)5-3-10-26-18)7-8-19(28-13)21(30)29-14-9-11-27-20(12-14)22(23,24)25/h13-20,26-28H,2-12H2,1H3,(H,29,30). The van der Waals surface area contributed by atoms with Gasteiger partial charge < -0.3 is 21.3 Å². The summed E-state index contributed by atoms with van der Waals surface area (Å²) in [6, 6.07) is -1.31. The lowest BCUT2D eigenvalue weighted by atomic mass is 9.63. The van der Waals surface area contributed by atoms with Gasteiger partial charge in [0.1, 0.15) is 6.04 Å². The molecule has 0 spiro atoms. The number of fused-ring (bicyclic) bond motifs is 1. The number of carbonyl (C=O) groups excluding carboxylic acids is 1. The molecule has 3 saturated heterocycles. The molecule has 0 bridgehead atoms. The molecule has 1 aliphatic carbocycles. The van der Waals surface area contributed by atoms with E-state index in [0.717, 1.165) is 25.3 Å². The number of halogens is 3. The predicted molar refractivity (Wildman–Crippen MR) is 110 cm³/mol. The van der Waals surface area contributed by atoms with Gasteiger partial charge in [-0.05, 0) is 89.1 Å². The van der Waals surface area contributed by atoms with E-state index in [1.54, 1.807) is 0 Å². The highest BCUT2D eigenvalue weighted by atomic mass is 19.4. The third kappa shape index (κ3) is 4.96. The van der Waals surface area contributed by atoms with Crippen molar-refractivity contribution in [3.8, 4) is 0 Å². The fraction of sp³-hybridized carbons (Fsp3) is 0.955. The minimum Gasteiger partial charge on any atom is -0.352 e. The van der Waals surface area contributed by atoms with Gasteiger partial charge in [-0.15, -0.1) is 0 Å². The van der Waals surface area contributed by atoms with Crippen LogP contribution in [0.15, 0.2) is 0 Å². The molecule has 4 fully saturated rings. The molecule has 8 heteroatoms. The summed E-state index contributed by atoms with van der Waals surface area (Å²) in [5.74, 6) is 1.91. The lowest BCUT2D eigenvalue weighted by Crippen LogP contribution is -2.59. The first-order valence-electron chi connectivity index (χ1n) is 11.9. The average Bonchev–Trinajstić information content (AvgIpc) is 2.73. The van der Waals surface area contributed by atoms with Crippen LogP contribution in [0.3, 0.4) is 0 Å². The number of nitrogens with one attached hydrogen (secondary N) is 4. The first kappa shape index (κ1) is 22.3. The Bertz CT molecular complexity index is 599. The van der Waals surface area contributed by atoms with Gasteiger partial charge in [-0.2, -0.15) is 13.2 Å². The highest BCUT2D eigenvalue weighted by Crippen LogP contribution is 2.43. The second kappa shape index (κ2) is 9.33. The van der Waals surface area contributed by atoms with Crippen LogP contribution >= 0.6 is 0 Å². The predicted octanol–water partition coefficient (Wildman–Crippen LogP) is 2.71. The summed E-state index contributed by atoms with van der Waals surface area (Å²) < 4.78 is 39.0. The van der Waals surface area contributed by atoms with Crippen molar-refractivity contribution in [1.29, 1.82) is 0 Å². The van der Waals surface area contributed by atoms with Crippen LogP contribution in [0.4, 0.5) is 13.2 Å². The van der Waals surface area contributed by atoms with E-state index >= 15 is 0 Å². The summed E-state index contributed by atoms with van der Waals surface area (Å²) >= 11 is 0. The molecule has 30 heavy (non-hydrogen) atoms. The fourth-order valence-electron chi connectivity index (χ4n) is 6.65. The normalized spacial score (nSPS) is 42.9. The van der Waals surface area contributed by atoms with Gasteiger partial charge in [0, 0.05) is 18.1 Å². The molecular weight excluding hydrogens is 393 g/mol. The molecule has 8 atom stereocenters. The van der Waals surface area contributed by atoms with Gasteiger partial charge in [0.05, 0.1) is 6.04 Å². The highest BCUT2D eigenvalue weighted by Gasteiger charge is 2.44. The maximum atomic E-state index is 13.0. The second-order valence-corrected chi connectivity index (χ2v) is 9.99. The molecule has 0 radical (unpaired) electrons. The minimum absolute atomic E-state index is 0.0850. The van der Waals surface area contributed by atoms with E-state index in [1.165, 1.54) is 32.1 Å². The zero-order valence-electron chi connectivity index (χ0n) is 17.9. The smallest absolute Gasteiger partial charge is 0.352 e. The molecule has 8 unspecified atom stereocenters. The number of rotatable bonds is 3. The Labute approximate surface area is 177 Å². The van der Waals surface area contributed by atoms with Crippen molar-refractivity contribution in [1.82, 2.24) is 21.3 Å². The molecule has 4 N–H and O–H groups in total. The molecule has 4 rings (SSSR count). The molecule has 1 amide bonds. The topological polar surface area (TPSA) is 65.2 Å². The first-order valence-corrected chi connectivity index (χ1v) is 11.9. The summed E-state index contributed by atoms with van der Waals surface area (Å²) in [5, 5.41) is 12.7. The van der Waals surface area contributed by atoms with Gasteiger partial charge in [-0.3, -0.25) is 4.79 Å². The van der Waals surface area contributed by atoms with Gasteiger partial charge in [0.25, 0.3) is 0 Å². The maximum absolute atomic E-state index is 13.0. The molecule has 0 aromatic carbocycles. The molecule has 5 nitrogen and oxygen atoms in total. The third-order valence-corrected chi connectivity index (χ3v) is 8.15. The quantitative estimate of drug-likeness (QED) is 0.556. The van der Waals surface area contributed by atoms with E-state index in [2.05, 4.69) is 28.2 Å².